The largest absolute Gasteiger partial charge is 0.339 e. The summed E-state index contributed by atoms with van der Waals surface area (Å²) in [7, 11) is 0. The van der Waals surface area contributed by atoms with Crippen LogP contribution in [-0.2, 0) is 17.8 Å². The number of amides is 2. The summed E-state index contributed by atoms with van der Waals surface area (Å²) >= 11 is 1.51. The highest BCUT2D eigenvalue weighted by Crippen LogP contribution is 2.42. The molecule has 5 heteroatoms. The van der Waals surface area contributed by atoms with Crippen molar-refractivity contribution in [3.63, 3.8) is 0 Å². The number of rotatable bonds is 6. The van der Waals surface area contributed by atoms with Crippen LogP contribution in [0.4, 0.5) is 5.69 Å². The van der Waals surface area contributed by atoms with Gasteiger partial charge in [0.25, 0.3) is 11.8 Å². The van der Waals surface area contributed by atoms with Gasteiger partial charge < -0.3 is 9.80 Å². The third-order valence-corrected chi connectivity index (χ3v) is 9.47. The molecule has 0 bridgehead atoms. The van der Waals surface area contributed by atoms with Gasteiger partial charge in [0.15, 0.2) is 0 Å². The van der Waals surface area contributed by atoms with Crippen molar-refractivity contribution in [2.45, 2.75) is 44.6 Å². The monoisotopic (exact) mass is 572 g/mol. The molecule has 1 fully saturated rings. The van der Waals surface area contributed by atoms with Crippen molar-refractivity contribution in [3.05, 3.63) is 135 Å². The second-order valence-electron chi connectivity index (χ2n) is 11.4. The van der Waals surface area contributed by atoms with Crippen molar-refractivity contribution >= 4 is 35.3 Å². The van der Waals surface area contributed by atoms with E-state index in [1.54, 1.807) is 0 Å². The number of hydrogen-bond donors (Lipinski definition) is 0. The minimum atomic E-state index is -0.00173. The Morgan fingerprint density at radius 1 is 0.881 bits per heavy atom. The molecule has 4 aromatic rings. The number of benzene rings is 4. The lowest BCUT2D eigenvalue weighted by Crippen LogP contribution is -2.38. The molecule has 0 N–H and O–H groups in total. The Morgan fingerprint density at radius 3 is 2.36 bits per heavy atom. The first-order chi connectivity index (χ1) is 20.4. The molecule has 4 nitrogen and oxygen atoms in total. The van der Waals surface area contributed by atoms with Gasteiger partial charge >= 0.3 is 0 Å². The van der Waals surface area contributed by atoms with Crippen LogP contribution in [0.1, 0.15) is 51.0 Å². The van der Waals surface area contributed by atoms with Gasteiger partial charge in [0, 0.05) is 23.5 Å². The van der Waals surface area contributed by atoms with E-state index >= 15 is 0 Å². The molecule has 0 aliphatic carbocycles. The van der Waals surface area contributed by atoms with E-state index in [2.05, 4.69) is 68.4 Å². The summed E-state index contributed by atoms with van der Waals surface area (Å²) in [6, 6.07) is 32.8. The van der Waals surface area contributed by atoms with Crippen LogP contribution in [0, 0.1) is 19.8 Å². The molecule has 42 heavy (non-hydrogen) atoms. The number of carbonyl (C=O) groups excluding carboxylic acids is 2. The Labute approximate surface area is 253 Å². The van der Waals surface area contributed by atoms with Gasteiger partial charge in [0.05, 0.1) is 17.1 Å². The minimum absolute atomic E-state index is 0.00173. The molecule has 2 amide bonds. The van der Waals surface area contributed by atoms with Gasteiger partial charge in [-0.2, -0.15) is 0 Å². The predicted molar refractivity (Wildman–Crippen MR) is 173 cm³/mol. The quantitative estimate of drug-likeness (QED) is 0.219. The topological polar surface area (TPSA) is 40.6 Å². The zero-order chi connectivity index (χ0) is 29.1. The molecule has 0 aromatic heterocycles. The van der Waals surface area contributed by atoms with Crippen LogP contribution >= 0.6 is 11.8 Å². The summed E-state index contributed by atoms with van der Waals surface area (Å²) in [6.07, 6.45) is 5.09. The van der Waals surface area contributed by atoms with Crippen LogP contribution in [-0.4, -0.2) is 29.8 Å². The van der Waals surface area contributed by atoms with Crippen molar-refractivity contribution in [3.8, 4) is 0 Å². The third-order valence-electron chi connectivity index (χ3n) is 8.39. The average molecular weight is 573 g/mol. The lowest BCUT2D eigenvalue weighted by atomic mass is 9.90. The molecule has 0 saturated carbocycles. The SMILES string of the molecule is Cc1ccc(C)c(CN2C(=O)/C(=C/c3ccc(C(=O)N4CCC(Cc5ccccc5)CC4)cc3)Sc3ccccc32)c1. The minimum Gasteiger partial charge on any atom is -0.339 e. The first-order valence-corrected chi connectivity index (χ1v) is 15.6. The van der Waals surface area contributed by atoms with Gasteiger partial charge in [-0.1, -0.05) is 90.1 Å². The average Bonchev–Trinajstić information content (AvgIpc) is 3.02. The zero-order valence-corrected chi connectivity index (χ0v) is 25.1. The Morgan fingerprint density at radius 2 is 1.60 bits per heavy atom. The van der Waals surface area contributed by atoms with Crippen LogP contribution in [0.5, 0.6) is 0 Å². The summed E-state index contributed by atoms with van der Waals surface area (Å²) in [5.74, 6) is 0.706. The predicted octanol–water partition coefficient (Wildman–Crippen LogP) is 8.08. The maximum absolute atomic E-state index is 13.8. The number of fused-ring (bicyclic) bond motifs is 1. The Balaban J connectivity index is 1.15. The zero-order valence-electron chi connectivity index (χ0n) is 24.3. The number of nitrogens with zero attached hydrogens (tertiary/aromatic N) is 2. The van der Waals surface area contributed by atoms with E-state index in [1.165, 1.54) is 28.5 Å². The Bertz CT molecular complexity index is 1620. The van der Waals surface area contributed by atoms with Crippen LogP contribution in [0.3, 0.4) is 0 Å². The Hall–Kier alpha value is -4.09. The molecule has 4 aromatic carbocycles. The van der Waals surface area contributed by atoms with E-state index in [9.17, 15) is 9.59 Å². The first kappa shape index (κ1) is 28.0. The summed E-state index contributed by atoms with van der Waals surface area (Å²) in [5, 5.41) is 0. The van der Waals surface area contributed by atoms with Crippen molar-refractivity contribution in [1.29, 1.82) is 0 Å². The number of para-hydroxylation sites is 1. The van der Waals surface area contributed by atoms with Crippen LogP contribution in [0.25, 0.3) is 6.08 Å². The second kappa shape index (κ2) is 12.4. The lowest BCUT2D eigenvalue weighted by Gasteiger charge is -2.32. The summed E-state index contributed by atoms with van der Waals surface area (Å²) in [4.78, 5) is 32.7. The van der Waals surface area contributed by atoms with Gasteiger partial charge in [0.1, 0.15) is 0 Å². The molecule has 6 rings (SSSR count). The fourth-order valence-corrected chi connectivity index (χ4v) is 6.96. The molecule has 1 saturated heterocycles. The van der Waals surface area contributed by atoms with Crippen molar-refractivity contribution in [2.24, 2.45) is 5.92 Å². The summed E-state index contributed by atoms with van der Waals surface area (Å²) in [6.45, 7) is 6.29. The standard InChI is InChI=1S/C37H36N2O2S/c1-26-12-13-27(2)32(22-26)25-39-33-10-6-7-11-34(33)42-35(37(39)41)24-29-14-16-31(17-15-29)36(40)38-20-18-30(19-21-38)23-28-8-4-3-5-9-28/h3-17,22,24,30H,18-21,23,25H2,1-2H3/b35-24-. The van der Waals surface area contributed by atoms with E-state index in [1.807, 2.05) is 58.3 Å². The van der Waals surface area contributed by atoms with Crippen LogP contribution in [0.2, 0.25) is 0 Å². The molecule has 212 valence electrons. The van der Waals surface area contributed by atoms with Crippen molar-refractivity contribution < 1.29 is 9.59 Å². The smallest absolute Gasteiger partial charge is 0.265 e. The maximum atomic E-state index is 13.8. The number of thioether (sulfide) groups is 1. The van der Waals surface area contributed by atoms with Gasteiger partial charge in [-0.15, -0.1) is 0 Å². The Kier molecular flexibility index (Phi) is 8.29. The summed E-state index contributed by atoms with van der Waals surface area (Å²) < 4.78 is 0. The van der Waals surface area contributed by atoms with E-state index in [0.717, 1.165) is 54.1 Å². The van der Waals surface area contributed by atoms with E-state index in [0.29, 0.717) is 22.9 Å². The highest BCUT2D eigenvalue weighted by molar-refractivity contribution is 8.04. The number of likely N-dealkylation sites (tertiary alicyclic amines) is 1. The molecule has 2 aliphatic rings. The fraction of sp³-hybridized carbons (Fsp3) is 0.243. The van der Waals surface area contributed by atoms with E-state index in [4.69, 9.17) is 0 Å². The molecule has 0 atom stereocenters. The lowest BCUT2D eigenvalue weighted by molar-refractivity contribution is -0.114. The molecular weight excluding hydrogens is 536 g/mol. The molecule has 0 unspecified atom stereocenters. The van der Waals surface area contributed by atoms with Crippen LogP contribution < -0.4 is 4.90 Å². The number of hydrogen-bond acceptors (Lipinski definition) is 3. The molecule has 0 spiro atoms. The highest BCUT2D eigenvalue weighted by Gasteiger charge is 2.29. The molecule has 2 aliphatic heterocycles. The second-order valence-corrected chi connectivity index (χ2v) is 12.5. The van der Waals surface area contributed by atoms with Gasteiger partial charge in [0.2, 0.25) is 0 Å². The highest BCUT2D eigenvalue weighted by atomic mass is 32.2. The fourth-order valence-electron chi connectivity index (χ4n) is 5.90. The normalized spacial score (nSPS) is 16.5. The first-order valence-electron chi connectivity index (χ1n) is 14.7. The maximum Gasteiger partial charge on any atom is 0.265 e. The number of anilines is 1. The molecule has 0 radical (unpaired) electrons. The number of aryl methyl sites for hydroxylation is 2. The van der Waals surface area contributed by atoms with E-state index < -0.39 is 0 Å². The van der Waals surface area contributed by atoms with E-state index in [-0.39, 0.29) is 11.8 Å². The van der Waals surface area contributed by atoms with Gasteiger partial charge in [-0.25, -0.2) is 0 Å². The number of carbonyl (C=O) groups is 2. The van der Waals surface area contributed by atoms with Gasteiger partial charge in [-0.3, -0.25) is 9.59 Å². The van der Waals surface area contributed by atoms with Gasteiger partial charge in [-0.05, 0) is 91.6 Å². The van der Waals surface area contributed by atoms with Crippen molar-refractivity contribution in [1.82, 2.24) is 4.90 Å². The third kappa shape index (κ3) is 6.22. The molecule has 2 heterocycles. The number of piperidine rings is 1. The molecular formula is C37H36N2O2S. The van der Waals surface area contributed by atoms with Crippen molar-refractivity contribution in [2.75, 3.05) is 18.0 Å². The summed E-state index contributed by atoms with van der Waals surface area (Å²) in [5.41, 5.74) is 7.44. The van der Waals surface area contributed by atoms with Crippen LogP contribution in [0.15, 0.2) is 107 Å².